The molecule has 0 atom stereocenters. The molecule has 0 aliphatic carbocycles. The molecule has 0 saturated carbocycles. The normalized spacial score (nSPS) is 11.5. The monoisotopic (exact) mass is 476 g/mol. The number of primary amides is 1. The van der Waals surface area contributed by atoms with Crippen LogP contribution in [0, 0.1) is 31.3 Å². The second-order valence-electron chi connectivity index (χ2n) is 7.15. The summed E-state index contributed by atoms with van der Waals surface area (Å²) >= 11 is 0. The molecule has 0 unspecified atom stereocenters. The van der Waals surface area contributed by atoms with Crippen molar-refractivity contribution in [3.8, 4) is 0 Å². The molecule has 0 radical (unpaired) electrons. The SMILES string of the molecule is Cc1ccc(S(=O)(=O)N/N=C/c2cc(C(N)=O)c(Nc3ccc(C)cc3F)c(F)c2F)cc1. The second kappa shape index (κ2) is 9.33. The molecule has 0 aliphatic heterocycles. The summed E-state index contributed by atoms with van der Waals surface area (Å²) < 4.78 is 68.1. The van der Waals surface area contributed by atoms with Crippen LogP contribution in [0.5, 0.6) is 0 Å². The number of rotatable bonds is 7. The van der Waals surface area contributed by atoms with Gasteiger partial charge in [0, 0.05) is 5.56 Å². The Balaban J connectivity index is 1.93. The molecule has 0 fully saturated rings. The average molecular weight is 476 g/mol. The molecule has 1 amide bonds. The largest absolute Gasteiger partial charge is 0.366 e. The number of halogens is 3. The fourth-order valence-electron chi connectivity index (χ4n) is 2.85. The minimum Gasteiger partial charge on any atom is -0.366 e. The minimum atomic E-state index is -4.06. The van der Waals surface area contributed by atoms with Crippen LogP contribution in [-0.2, 0) is 10.0 Å². The first-order valence-corrected chi connectivity index (χ1v) is 10.9. The first-order valence-electron chi connectivity index (χ1n) is 9.46. The summed E-state index contributed by atoms with van der Waals surface area (Å²) in [5.74, 6) is -4.84. The fourth-order valence-corrected chi connectivity index (χ4v) is 3.64. The van der Waals surface area contributed by atoms with E-state index < -0.39 is 50.2 Å². The van der Waals surface area contributed by atoms with Crippen LogP contribution in [0.25, 0.3) is 0 Å². The molecular formula is C22H19F3N4O3S. The number of carbonyl (C=O) groups is 1. The smallest absolute Gasteiger partial charge is 0.276 e. The summed E-state index contributed by atoms with van der Waals surface area (Å²) in [5.41, 5.74) is 4.82. The van der Waals surface area contributed by atoms with E-state index in [1.807, 2.05) is 4.83 Å². The number of nitrogens with zero attached hydrogens (tertiary/aromatic N) is 1. The number of hydrogen-bond acceptors (Lipinski definition) is 5. The van der Waals surface area contributed by atoms with E-state index in [9.17, 15) is 26.4 Å². The lowest BCUT2D eigenvalue weighted by Gasteiger charge is -2.14. The Morgan fingerprint density at radius 1 is 0.970 bits per heavy atom. The predicted octanol–water partition coefficient (Wildman–Crippen LogP) is 3.88. The topological polar surface area (TPSA) is 114 Å². The average Bonchev–Trinajstić information content (AvgIpc) is 2.74. The number of hydrogen-bond donors (Lipinski definition) is 3. The summed E-state index contributed by atoms with van der Waals surface area (Å²) in [4.78, 5) is 13.6. The van der Waals surface area contributed by atoms with E-state index in [4.69, 9.17) is 5.73 Å². The zero-order valence-corrected chi connectivity index (χ0v) is 18.3. The van der Waals surface area contributed by atoms with E-state index in [0.717, 1.165) is 11.6 Å². The van der Waals surface area contributed by atoms with Gasteiger partial charge in [-0.05, 0) is 49.7 Å². The van der Waals surface area contributed by atoms with Gasteiger partial charge >= 0.3 is 0 Å². The van der Waals surface area contributed by atoms with Gasteiger partial charge in [0.1, 0.15) is 5.82 Å². The number of nitrogens with two attached hydrogens (primary N) is 1. The van der Waals surface area contributed by atoms with E-state index in [1.54, 1.807) is 26.0 Å². The summed E-state index contributed by atoms with van der Waals surface area (Å²) in [6.07, 6.45) is 0.687. The molecule has 11 heteroatoms. The Kier molecular flexibility index (Phi) is 6.73. The molecule has 0 aliphatic rings. The molecule has 33 heavy (non-hydrogen) atoms. The van der Waals surface area contributed by atoms with Crippen molar-refractivity contribution >= 4 is 33.5 Å². The number of carbonyl (C=O) groups excluding carboxylic acids is 1. The van der Waals surface area contributed by atoms with Gasteiger partial charge in [0.05, 0.1) is 28.0 Å². The summed E-state index contributed by atoms with van der Waals surface area (Å²) in [6, 6.07) is 10.7. The summed E-state index contributed by atoms with van der Waals surface area (Å²) in [5, 5.41) is 5.80. The third-order valence-corrected chi connectivity index (χ3v) is 5.83. The Morgan fingerprint density at radius 3 is 2.21 bits per heavy atom. The molecule has 7 nitrogen and oxygen atoms in total. The van der Waals surface area contributed by atoms with Gasteiger partial charge in [-0.1, -0.05) is 23.8 Å². The number of anilines is 2. The van der Waals surface area contributed by atoms with Crippen LogP contribution in [0.4, 0.5) is 24.5 Å². The number of benzene rings is 3. The van der Waals surface area contributed by atoms with E-state index in [1.165, 1.54) is 30.3 Å². The predicted molar refractivity (Wildman–Crippen MR) is 118 cm³/mol. The number of nitrogens with one attached hydrogen (secondary N) is 2. The van der Waals surface area contributed by atoms with Gasteiger partial charge in [-0.2, -0.15) is 13.5 Å². The highest BCUT2D eigenvalue weighted by Crippen LogP contribution is 2.29. The van der Waals surface area contributed by atoms with Gasteiger partial charge in [0.25, 0.3) is 15.9 Å². The highest BCUT2D eigenvalue weighted by molar-refractivity contribution is 7.89. The third-order valence-electron chi connectivity index (χ3n) is 4.59. The lowest BCUT2D eigenvalue weighted by Crippen LogP contribution is -2.19. The Labute approximate surface area is 188 Å². The first-order chi connectivity index (χ1) is 15.5. The number of hydrazone groups is 1. The zero-order valence-electron chi connectivity index (χ0n) is 17.5. The molecule has 3 aromatic carbocycles. The van der Waals surface area contributed by atoms with Crippen molar-refractivity contribution in [1.29, 1.82) is 0 Å². The summed E-state index contributed by atoms with van der Waals surface area (Å²) in [7, 11) is -4.06. The maximum atomic E-state index is 14.8. The fraction of sp³-hybridized carbons (Fsp3) is 0.0909. The van der Waals surface area contributed by atoms with Crippen LogP contribution in [0.3, 0.4) is 0 Å². The molecule has 3 rings (SSSR count). The first kappa shape index (κ1) is 23.8. The van der Waals surface area contributed by atoms with Crippen molar-refractivity contribution in [2.75, 3.05) is 5.32 Å². The van der Waals surface area contributed by atoms with E-state index in [-0.39, 0.29) is 10.6 Å². The lowest BCUT2D eigenvalue weighted by atomic mass is 10.1. The van der Waals surface area contributed by atoms with Crippen LogP contribution in [-0.4, -0.2) is 20.5 Å². The van der Waals surface area contributed by atoms with Crippen molar-refractivity contribution in [2.24, 2.45) is 10.8 Å². The molecule has 0 bridgehead atoms. The molecule has 0 heterocycles. The molecule has 0 aromatic heterocycles. The quantitative estimate of drug-likeness (QED) is 0.355. The number of amides is 1. The lowest BCUT2D eigenvalue weighted by molar-refractivity contribution is 0.100. The van der Waals surface area contributed by atoms with Crippen molar-refractivity contribution in [3.05, 3.63) is 88.2 Å². The highest BCUT2D eigenvalue weighted by Gasteiger charge is 2.22. The number of aryl methyl sites for hydroxylation is 2. The van der Waals surface area contributed by atoms with Crippen LogP contribution < -0.4 is 15.9 Å². The van der Waals surface area contributed by atoms with Gasteiger partial charge in [-0.25, -0.2) is 18.0 Å². The van der Waals surface area contributed by atoms with Crippen LogP contribution in [0.2, 0.25) is 0 Å². The Bertz CT molecular complexity index is 1360. The van der Waals surface area contributed by atoms with Gasteiger partial charge in [0.15, 0.2) is 11.6 Å². The van der Waals surface area contributed by atoms with Crippen LogP contribution in [0.15, 0.2) is 58.5 Å². The maximum Gasteiger partial charge on any atom is 0.276 e. The van der Waals surface area contributed by atoms with Crippen LogP contribution in [0.1, 0.15) is 27.0 Å². The molecule has 3 aromatic rings. The molecule has 4 N–H and O–H groups in total. The van der Waals surface area contributed by atoms with Gasteiger partial charge in [-0.3, -0.25) is 4.79 Å². The maximum absolute atomic E-state index is 14.8. The van der Waals surface area contributed by atoms with Gasteiger partial charge < -0.3 is 11.1 Å². The Hall–Kier alpha value is -3.86. The second-order valence-corrected chi connectivity index (χ2v) is 8.82. The standard InChI is InChI=1S/C22H19F3N4O3S/c1-12-3-6-15(7-4-12)33(31,32)29-27-11-14-10-16(22(26)30)21(20(25)19(14)24)28-18-8-5-13(2)9-17(18)23/h3-11,28-29H,1-2H3,(H2,26,30)/b27-11+. The minimum absolute atomic E-state index is 0.0885. The molecular weight excluding hydrogens is 457 g/mol. The van der Waals surface area contributed by atoms with Crippen molar-refractivity contribution in [3.63, 3.8) is 0 Å². The number of sulfonamides is 1. The van der Waals surface area contributed by atoms with Gasteiger partial charge in [0.2, 0.25) is 0 Å². The van der Waals surface area contributed by atoms with Crippen molar-refractivity contribution < 1.29 is 26.4 Å². The van der Waals surface area contributed by atoms with E-state index >= 15 is 0 Å². The summed E-state index contributed by atoms with van der Waals surface area (Å²) in [6.45, 7) is 3.42. The van der Waals surface area contributed by atoms with Crippen LogP contribution >= 0.6 is 0 Å². The van der Waals surface area contributed by atoms with Crippen molar-refractivity contribution in [2.45, 2.75) is 18.7 Å². The van der Waals surface area contributed by atoms with E-state index in [0.29, 0.717) is 11.8 Å². The van der Waals surface area contributed by atoms with E-state index in [2.05, 4.69) is 10.4 Å². The zero-order chi connectivity index (χ0) is 24.3. The molecule has 172 valence electrons. The highest BCUT2D eigenvalue weighted by atomic mass is 32.2. The van der Waals surface area contributed by atoms with Crippen molar-refractivity contribution in [1.82, 2.24) is 4.83 Å². The molecule has 0 spiro atoms. The Morgan fingerprint density at radius 2 is 1.61 bits per heavy atom. The molecule has 0 saturated heterocycles. The van der Waals surface area contributed by atoms with Gasteiger partial charge in [-0.15, -0.1) is 0 Å². The third kappa shape index (κ3) is 5.32.